The number of aromatic nitrogens is 2. The summed E-state index contributed by atoms with van der Waals surface area (Å²) in [5, 5.41) is 9.30. The number of nitrogens with zero attached hydrogens (tertiary/aromatic N) is 1. The molecule has 0 atom stereocenters. The SMILES string of the molecule is CCCC1(Cn2c(=O)[nH]c3cccc(C(=O)O)c32)CC1. The maximum atomic E-state index is 12.1. The number of carboxylic acids is 1. The number of H-pyrrole nitrogens is 1. The summed E-state index contributed by atoms with van der Waals surface area (Å²) in [5.41, 5.74) is 1.29. The Labute approximate surface area is 116 Å². The van der Waals surface area contributed by atoms with Gasteiger partial charge in [0, 0.05) is 6.54 Å². The fourth-order valence-electron chi connectivity index (χ4n) is 3.07. The standard InChI is InChI=1S/C15H18N2O3/c1-2-6-15(7-8-15)9-17-12-10(13(18)19)4-3-5-11(12)16-14(17)20/h3-5H,2,6-9H2,1H3,(H,16,20)(H,18,19). The summed E-state index contributed by atoms with van der Waals surface area (Å²) in [6.07, 6.45) is 4.41. The fraction of sp³-hybridized carbons (Fsp3) is 0.467. The molecule has 1 heterocycles. The smallest absolute Gasteiger partial charge is 0.337 e. The second kappa shape index (κ2) is 4.51. The van der Waals surface area contributed by atoms with Gasteiger partial charge in [-0.05, 0) is 36.8 Å². The van der Waals surface area contributed by atoms with Crippen LogP contribution in [0.15, 0.2) is 23.0 Å². The zero-order chi connectivity index (χ0) is 14.3. The monoisotopic (exact) mass is 274 g/mol. The molecule has 0 bridgehead atoms. The molecule has 2 N–H and O–H groups in total. The van der Waals surface area contributed by atoms with Gasteiger partial charge in [-0.3, -0.25) is 4.57 Å². The molecule has 1 aliphatic rings. The number of hydrogen-bond acceptors (Lipinski definition) is 2. The van der Waals surface area contributed by atoms with E-state index in [0.29, 0.717) is 17.6 Å². The molecule has 0 saturated heterocycles. The van der Waals surface area contributed by atoms with Crippen molar-refractivity contribution in [2.45, 2.75) is 39.2 Å². The topological polar surface area (TPSA) is 75.1 Å². The van der Waals surface area contributed by atoms with Crippen LogP contribution in [-0.4, -0.2) is 20.6 Å². The minimum absolute atomic E-state index is 0.188. The molecule has 2 aromatic rings. The molecule has 0 spiro atoms. The highest BCUT2D eigenvalue weighted by Gasteiger charge is 2.42. The van der Waals surface area contributed by atoms with Crippen LogP contribution >= 0.6 is 0 Å². The van der Waals surface area contributed by atoms with Gasteiger partial charge in [0.25, 0.3) is 0 Å². The molecular weight excluding hydrogens is 256 g/mol. The second-order valence-corrected chi connectivity index (χ2v) is 5.77. The van der Waals surface area contributed by atoms with Gasteiger partial charge in [0.15, 0.2) is 0 Å². The molecule has 0 unspecified atom stereocenters. The van der Waals surface area contributed by atoms with Crippen molar-refractivity contribution in [1.29, 1.82) is 0 Å². The van der Waals surface area contributed by atoms with Crippen molar-refractivity contribution in [3.63, 3.8) is 0 Å². The zero-order valence-corrected chi connectivity index (χ0v) is 11.5. The van der Waals surface area contributed by atoms with Gasteiger partial charge in [0.2, 0.25) is 0 Å². The van der Waals surface area contributed by atoms with Crippen LogP contribution in [-0.2, 0) is 6.54 Å². The minimum Gasteiger partial charge on any atom is -0.478 e. The third-order valence-electron chi connectivity index (χ3n) is 4.25. The van der Waals surface area contributed by atoms with Gasteiger partial charge in [0.05, 0.1) is 16.6 Å². The van der Waals surface area contributed by atoms with Crippen LogP contribution in [0, 0.1) is 5.41 Å². The minimum atomic E-state index is -0.997. The summed E-state index contributed by atoms with van der Waals surface area (Å²) in [6.45, 7) is 2.75. The van der Waals surface area contributed by atoms with Crippen LogP contribution in [0.5, 0.6) is 0 Å². The molecule has 5 nitrogen and oxygen atoms in total. The molecule has 5 heteroatoms. The molecule has 1 saturated carbocycles. The lowest BCUT2D eigenvalue weighted by Gasteiger charge is -2.15. The number of aromatic amines is 1. The largest absolute Gasteiger partial charge is 0.478 e. The third-order valence-corrected chi connectivity index (χ3v) is 4.25. The lowest BCUT2D eigenvalue weighted by Crippen LogP contribution is -2.23. The van der Waals surface area contributed by atoms with Gasteiger partial charge in [-0.1, -0.05) is 19.4 Å². The first-order valence-electron chi connectivity index (χ1n) is 7.01. The first kappa shape index (κ1) is 13.0. The highest BCUT2D eigenvalue weighted by Crippen LogP contribution is 2.51. The molecule has 3 rings (SSSR count). The van der Waals surface area contributed by atoms with Crippen LogP contribution in [0.4, 0.5) is 0 Å². The number of para-hydroxylation sites is 1. The number of hydrogen-bond donors (Lipinski definition) is 2. The Morgan fingerprint density at radius 3 is 2.80 bits per heavy atom. The molecule has 0 amide bonds. The first-order chi connectivity index (χ1) is 9.56. The summed E-state index contributed by atoms with van der Waals surface area (Å²) < 4.78 is 1.61. The Kier molecular flexibility index (Phi) is 2.92. The summed E-state index contributed by atoms with van der Waals surface area (Å²) in [6, 6.07) is 4.96. The lowest BCUT2D eigenvalue weighted by atomic mass is 10.0. The van der Waals surface area contributed by atoms with Gasteiger partial charge in [-0.25, -0.2) is 9.59 Å². The van der Waals surface area contributed by atoms with E-state index in [9.17, 15) is 14.7 Å². The number of fused-ring (bicyclic) bond motifs is 1. The summed E-state index contributed by atoms with van der Waals surface area (Å²) in [5.74, 6) is -0.997. The number of rotatable bonds is 5. The van der Waals surface area contributed by atoms with E-state index in [2.05, 4.69) is 11.9 Å². The highest BCUT2D eigenvalue weighted by molar-refractivity contribution is 6.01. The number of nitrogens with one attached hydrogen (secondary N) is 1. The summed E-state index contributed by atoms with van der Waals surface area (Å²) >= 11 is 0. The van der Waals surface area contributed by atoms with E-state index in [4.69, 9.17) is 0 Å². The fourth-order valence-corrected chi connectivity index (χ4v) is 3.07. The molecule has 0 aliphatic heterocycles. The quantitative estimate of drug-likeness (QED) is 0.880. The van der Waals surface area contributed by atoms with E-state index in [-0.39, 0.29) is 16.7 Å². The molecule has 20 heavy (non-hydrogen) atoms. The number of carboxylic acid groups (broad SMARTS) is 1. The van der Waals surface area contributed by atoms with Crippen LogP contribution in [0.1, 0.15) is 43.0 Å². The molecular formula is C15H18N2O3. The number of benzene rings is 1. The van der Waals surface area contributed by atoms with E-state index in [1.54, 1.807) is 22.8 Å². The van der Waals surface area contributed by atoms with Crippen molar-refractivity contribution in [2.24, 2.45) is 5.41 Å². The Balaban J connectivity index is 2.13. The van der Waals surface area contributed by atoms with Crippen LogP contribution < -0.4 is 5.69 Å². The van der Waals surface area contributed by atoms with Crippen molar-refractivity contribution in [3.05, 3.63) is 34.2 Å². The molecule has 106 valence electrons. The average Bonchev–Trinajstić information content (AvgIpc) is 3.08. The van der Waals surface area contributed by atoms with Crippen molar-refractivity contribution < 1.29 is 9.90 Å². The predicted molar refractivity (Wildman–Crippen MR) is 76.1 cm³/mol. The molecule has 1 aliphatic carbocycles. The summed E-state index contributed by atoms with van der Waals surface area (Å²) in [4.78, 5) is 26.3. The lowest BCUT2D eigenvalue weighted by molar-refractivity contribution is 0.0698. The van der Waals surface area contributed by atoms with E-state index in [0.717, 1.165) is 25.7 Å². The normalized spacial score (nSPS) is 16.4. The van der Waals surface area contributed by atoms with E-state index in [1.807, 2.05) is 0 Å². The second-order valence-electron chi connectivity index (χ2n) is 5.77. The Morgan fingerprint density at radius 2 is 2.20 bits per heavy atom. The van der Waals surface area contributed by atoms with Crippen LogP contribution in [0.3, 0.4) is 0 Å². The van der Waals surface area contributed by atoms with Crippen LogP contribution in [0.2, 0.25) is 0 Å². The molecule has 1 aromatic heterocycles. The van der Waals surface area contributed by atoms with Gasteiger partial charge >= 0.3 is 11.7 Å². The van der Waals surface area contributed by atoms with E-state index >= 15 is 0 Å². The van der Waals surface area contributed by atoms with Crippen molar-refractivity contribution in [3.8, 4) is 0 Å². The first-order valence-corrected chi connectivity index (χ1v) is 7.01. The highest BCUT2D eigenvalue weighted by atomic mass is 16.4. The van der Waals surface area contributed by atoms with Gasteiger partial charge in [0.1, 0.15) is 0 Å². The average molecular weight is 274 g/mol. The van der Waals surface area contributed by atoms with Gasteiger partial charge in [-0.15, -0.1) is 0 Å². The van der Waals surface area contributed by atoms with Crippen LogP contribution in [0.25, 0.3) is 11.0 Å². The van der Waals surface area contributed by atoms with Crippen molar-refractivity contribution >= 4 is 17.0 Å². The number of imidazole rings is 1. The predicted octanol–water partition coefficient (Wildman–Crippen LogP) is 2.61. The molecule has 0 radical (unpaired) electrons. The van der Waals surface area contributed by atoms with Gasteiger partial charge < -0.3 is 10.1 Å². The summed E-state index contributed by atoms with van der Waals surface area (Å²) in [7, 11) is 0. The van der Waals surface area contributed by atoms with Gasteiger partial charge in [-0.2, -0.15) is 0 Å². The zero-order valence-electron chi connectivity index (χ0n) is 11.5. The Bertz CT molecular complexity index is 722. The third kappa shape index (κ3) is 2.03. The maximum Gasteiger partial charge on any atom is 0.337 e. The maximum absolute atomic E-state index is 12.1. The number of carbonyl (C=O) groups is 1. The van der Waals surface area contributed by atoms with Crippen molar-refractivity contribution in [1.82, 2.24) is 9.55 Å². The molecule has 1 fully saturated rings. The number of aromatic carboxylic acids is 1. The van der Waals surface area contributed by atoms with E-state index in [1.165, 1.54) is 0 Å². The Hall–Kier alpha value is -2.04. The van der Waals surface area contributed by atoms with E-state index < -0.39 is 5.97 Å². The molecule has 1 aromatic carbocycles. The van der Waals surface area contributed by atoms with Crippen molar-refractivity contribution in [2.75, 3.05) is 0 Å². The Morgan fingerprint density at radius 1 is 1.45 bits per heavy atom.